The molecule has 1 unspecified atom stereocenters. The molecule has 184 valence electrons. The van der Waals surface area contributed by atoms with Gasteiger partial charge in [-0.15, -0.1) is 0 Å². The van der Waals surface area contributed by atoms with Crippen LogP contribution < -0.4 is 0 Å². The molecule has 3 fully saturated rings. The van der Waals surface area contributed by atoms with Crippen LogP contribution in [0.3, 0.4) is 0 Å². The van der Waals surface area contributed by atoms with Crippen molar-refractivity contribution in [1.82, 2.24) is 0 Å². The highest BCUT2D eigenvalue weighted by molar-refractivity contribution is 5.88. The molecule has 3 saturated carbocycles. The van der Waals surface area contributed by atoms with Crippen LogP contribution in [0.5, 0.6) is 0 Å². The predicted octanol–water partition coefficient (Wildman–Crippen LogP) is 6.61. The van der Waals surface area contributed by atoms with E-state index in [1.54, 1.807) is 0 Å². The Kier molecular flexibility index (Phi) is 7.22. The van der Waals surface area contributed by atoms with Crippen LogP contribution in [0.1, 0.15) is 111 Å². The van der Waals surface area contributed by atoms with Crippen molar-refractivity contribution in [1.29, 1.82) is 0 Å². The summed E-state index contributed by atoms with van der Waals surface area (Å²) < 4.78 is 5.61. The van der Waals surface area contributed by atoms with Gasteiger partial charge in [0.2, 0.25) is 0 Å². The summed E-state index contributed by atoms with van der Waals surface area (Å²) in [7, 11) is 0. The number of fused-ring (bicyclic) bond motifs is 5. The summed E-state index contributed by atoms with van der Waals surface area (Å²) in [5.74, 6) is 1.60. The van der Waals surface area contributed by atoms with E-state index < -0.39 is 0 Å². The van der Waals surface area contributed by atoms with E-state index >= 15 is 0 Å². The van der Waals surface area contributed by atoms with Gasteiger partial charge >= 0.3 is 5.97 Å². The van der Waals surface area contributed by atoms with Crippen molar-refractivity contribution in [3.8, 4) is 0 Å². The third-order valence-electron chi connectivity index (χ3n) is 10.1. The fraction of sp³-hybridized carbons (Fsp3) is 0.828. The minimum atomic E-state index is -0.239. The van der Waals surface area contributed by atoms with E-state index in [9.17, 15) is 14.4 Å². The predicted molar refractivity (Wildman–Crippen MR) is 130 cm³/mol. The van der Waals surface area contributed by atoms with E-state index in [0.29, 0.717) is 36.2 Å². The molecule has 0 aliphatic heterocycles. The minimum Gasteiger partial charge on any atom is -0.462 e. The Bertz CT molecular complexity index is 812. The van der Waals surface area contributed by atoms with Gasteiger partial charge in [-0.3, -0.25) is 14.4 Å². The summed E-state index contributed by atoms with van der Waals surface area (Å²) >= 11 is 0. The number of hydrogen-bond acceptors (Lipinski definition) is 4. The normalized spacial score (nSPS) is 39.8. The van der Waals surface area contributed by atoms with Crippen LogP contribution in [0, 0.1) is 34.5 Å². The molecule has 0 amide bonds. The second-order valence-electron chi connectivity index (χ2n) is 11.9. The van der Waals surface area contributed by atoms with Gasteiger partial charge in [-0.05, 0) is 61.7 Å². The molecule has 0 N–H and O–H groups in total. The standard InChI is InChI=1S/C29H44O4/c1-5-6-7-8-9-10-25(31)22-18-20-17-21(33-19(2)30)13-15-28(20,3)24-14-16-29(4)23(27(22)24)11-12-26(29)32/h18,21-24,27H,5-17H2,1-4H3/t21-,22?,23-,24-,27-,28-,29-/m0/s1. The molecule has 0 bridgehead atoms. The molecule has 4 aliphatic rings. The number of esters is 1. The Balaban J connectivity index is 1.62. The number of carbonyl (C=O) groups is 3. The molecule has 4 rings (SSSR count). The van der Waals surface area contributed by atoms with Crippen molar-refractivity contribution < 1.29 is 19.1 Å². The Morgan fingerprint density at radius 3 is 2.42 bits per heavy atom. The second kappa shape index (κ2) is 9.66. The van der Waals surface area contributed by atoms with Gasteiger partial charge in [-0.25, -0.2) is 0 Å². The summed E-state index contributed by atoms with van der Waals surface area (Å²) in [6.07, 6.45) is 15.0. The molecule has 4 nitrogen and oxygen atoms in total. The van der Waals surface area contributed by atoms with Gasteiger partial charge in [0.25, 0.3) is 0 Å². The van der Waals surface area contributed by atoms with Crippen LogP contribution in [0.4, 0.5) is 0 Å². The Morgan fingerprint density at radius 2 is 1.70 bits per heavy atom. The number of allylic oxidation sites excluding steroid dienone is 1. The summed E-state index contributed by atoms with van der Waals surface area (Å²) in [6, 6.07) is 0. The summed E-state index contributed by atoms with van der Waals surface area (Å²) in [4.78, 5) is 38.2. The number of ketones is 2. The maximum atomic E-state index is 13.7. The van der Waals surface area contributed by atoms with Crippen LogP contribution in [-0.4, -0.2) is 23.6 Å². The number of carbonyl (C=O) groups excluding carboxylic acids is 3. The van der Waals surface area contributed by atoms with Crippen LogP contribution in [-0.2, 0) is 19.1 Å². The molecule has 0 aromatic carbocycles. The third-order valence-corrected chi connectivity index (χ3v) is 10.1. The quantitative estimate of drug-likeness (QED) is 0.234. The zero-order valence-electron chi connectivity index (χ0n) is 21.3. The van der Waals surface area contributed by atoms with E-state index in [4.69, 9.17) is 4.74 Å². The van der Waals surface area contributed by atoms with Gasteiger partial charge in [0, 0.05) is 37.5 Å². The zero-order chi connectivity index (χ0) is 23.8. The lowest BCUT2D eigenvalue weighted by atomic mass is 9.45. The SMILES string of the molecule is CCCCCCCC(=O)C1C=C2C[C@@H](OC(C)=O)CC[C@]2(C)[C@H]2CC[C@]3(C)C(=O)CC[C@H]3[C@H]12. The molecule has 4 heteroatoms. The highest BCUT2D eigenvalue weighted by Gasteiger charge is 2.61. The van der Waals surface area contributed by atoms with Gasteiger partial charge in [-0.2, -0.15) is 0 Å². The van der Waals surface area contributed by atoms with Gasteiger partial charge < -0.3 is 4.74 Å². The number of ether oxygens (including phenoxy) is 1. The number of rotatable bonds is 8. The van der Waals surface area contributed by atoms with Crippen molar-refractivity contribution >= 4 is 17.5 Å². The average Bonchev–Trinajstić information content (AvgIpc) is 3.07. The third kappa shape index (κ3) is 4.48. The first-order valence-corrected chi connectivity index (χ1v) is 13.6. The molecule has 0 saturated heterocycles. The maximum Gasteiger partial charge on any atom is 0.302 e. The van der Waals surface area contributed by atoms with Crippen LogP contribution in [0.2, 0.25) is 0 Å². The molecule has 0 radical (unpaired) electrons. The highest BCUT2D eigenvalue weighted by atomic mass is 16.5. The smallest absolute Gasteiger partial charge is 0.302 e. The fourth-order valence-corrected chi connectivity index (χ4v) is 8.14. The Morgan fingerprint density at radius 1 is 1.00 bits per heavy atom. The van der Waals surface area contributed by atoms with Crippen LogP contribution in [0.15, 0.2) is 11.6 Å². The second-order valence-corrected chi connectivity index (χ2v) is 11.9. The maximum absolute atomic E-state index is 13.7. The van der Waals surface area contributed by atoms with Crippen molar-refractivity contribution in [2.75, 3.05) is 0 Å². The first-order chi connectivity index (χ1) is 15.7. The van der Waals surface area contributed by atoms with Crippen molar-refractivity contribution in [3.63, 3.8) is 0 Å². The van der Waals surface area contributed by atoms with Crippen molar-refractivity contribution in [2.45, 2.75) is 117 Å². The summed E-state index contributed by atoms with van der Waals surface area (Å²) in [5.41, 5.74) is 1.17. The first-order valence-electron chi connectivity index (χ1n) is 13.6. The molecular formula is C29H44O4. The van der Waals surface area contributed by atoms with Crippen LogP contribution in [0.25, 0.3) is 0 Å². The molecule has 0 spiro atoms. The lowest BCUT2D eigenvalue weighted by Crippen LogP contribution is -2.54. The van der Waals surface area contributed by atoms with Gasteiger partial charge in [0.1, 0.15) is 17.7 Å². The van der Waals surface area contributed by atoms with Crippen molar-refractivity contribution in [3.05, 3.63) is 11.6 Å². The van der Waals surface area contributed by atoms with Gasteiger partial charge in [-0.1, -0.05) is 58.1 Å². The minimum absolute atomic E-state index is 0.0617. The number of unbranched alkanes of at least 4 members (excludes halogenated alkanes) is 4. The topological polar surface area (TPSA) is 60.4 Å². The number of hydrogen-bond donors (Lipinski definition) is 0. The first kappa shape index (κ1) is 24.7. The largest absolute Gasteiger partial charge is 0.462 e. The molecule has 4 aliphatic carbocycles. The molecular weight excluding hydrogens is 412 g/mol. The van der Waals surface area contributed by atoms with E-state index in [1.807, 2.05) is 0 Å². The Labute approximate surface area is 200 Å². The molecule has 33 heavy (non-hydrogen) atoms. The van der Waals surface area contributed by atoms with E-state index in [-0.39, 0.29) is 34.7 Å². The molecule has 7 atom stereocenters. The highest BCUT2D eigenvalue weighted by Crippen LogP contribution is 2.65. The average molecular weight is 457 g/mol. The molecule has 0 aromatic rings. The van der Waals surface area contributed by atoms with Gasteiger partial charge in [0.15, 0.2) is 0 Å². The summed E-state index contributed by atoms with van der Waals surface area (Å²) in [6.45, 7) is 8.29. The van der Waals surface area contributed by atoms with E-state index in [1.165, 1.54) is 31.8 Å². The van der Waals surface area contributed by atoms with Crippen molar-refractivity contribution in [2.24, 2.45) is 34.5 Å². The zero-order valence-corrected chi connectivity index (χ0v) is 21.3. The monoisotopic (exact) mass is 456 g/mol. The fourth-order valence-electron chi connectivity index (χ4n) is 8.14. The lowest BCUT2D eigenvalue weighted by molar-refractivity contribution is -0.150. The Hall–Kier alpha value is -1.45. The number of Topliss-reactive ketones (excluding diaryl/α,β-unsaturated/α-hetero) is 2. The molecule has 0 heterocycles. The molecule has 0 aromatic heterocycles. The van der Waals surface area contributed by atoms with E-state index in [0.717, 1.165) is 51.4 Å². The summed E-state index contributed by atoms with van der Waals surface area (Å²) in [5, 5.41) is 0. The van der Waals surface area contributed by atoms with E-state index in [2.05, 4.69) is 26.8 Å². The lowest BCUT2D eigenvalue weighted by Gasteiger charge is -2.58. The van der Waals surface area contributed by atoms with Gasteiger partial charge in [0.05, 0.1) is 0 Å². The van der Waals surface area contributed by atoms with Crippen LogP contribution >= 0.6 is 0 Å².